The van der Waals surface area contributed by atoms with E-state index in [2.05, 4.69) is 9.97 Å². The van der Waals surface area contributed by atoms with Crippen LogP contribution < -0.4 is 0 Å². The smallest absolute Gasteiger partial charge is 0.187 e. The van der Waals surface area contributed by atoms with Crippen molar-refractivity contribution < 1.29 is 9.18 Å². The molecule has 0 aliphatic carbocycles. The van der Waals surface area contributed by atoms with Crippen LogP contribution in [0.5, 0.6) is 0 Å². The summed E-state index contributed by atoms with van der Waals surface area (Å²) in [6.45, 7) is 12.0. The average molecular weight is 353 g/mol. The normalized spacial score (nSPS) is 8.50. The number of hydrogen-bond donors (Lipinski definition) is 0. The summed E-state index contributed by atoms with van der Waals surface area (Å²) in [6, 6.07) is 7.23. The number of halogens is 1. The average Bonchev–Trinajstić information content (AvgIpc) is 2.67. The van der Waals surface area contributed by atoms with Gasteiger partial charge in [0.1, 0.15) is 5.82 Å². The molecule has 0 aliphatic heterocycles. The van der Waals surface area contributed by atoms with Crippen molar-refractivity contribution in [1.29, 1.82) is 0 Å². The molecule has 0 N–H and O–H groups in total. The predicted molar refractivity (Wildman–Crippen MR) is 102 cm³/mol. The molecule has 1 aromatic heterocycles. The van der Waals surface area contributed by atoms with Gasteiger partial charge in [-0.1, -0.05) is 53.3 Å². The lowest BCUT2D eigenvalue weighted by Gasteiger charge is -2.02. The maximum absolute atomic E-state index is 12.7. The van der Waals surface area contributed by atoms with E-state index in [4.69, 9.17) is 0 Å². The minimum absolute atomic E-state index is 0.0826. The minimum atomic E-state index is -0.349. The second-order valence-corrected chi connectivity index (χ2v) is 4.41. The van der Waals surface area contributed by atoms with Gasteiger partial charge < -0.3 is 0 Å². The summed E-state index contributed by atoms with van der Waals surface area (Å²) in [5, 5.41) is 0.638. The highest BCUT2D eigenvalue weighted by atomic mass is 32.2. The van der Waals surface area contributed by atoms with Crippen LogP contribution in [-0.4, -0.2) is 22.0 Å². The fraction of sp³-hybridized carbons (Fsp3) is 0.421. The maximum atomic E-state index is 12.7. The van der Waals surface area contributed by atoms with Gasteiger partial charge in [-0.15, -0.1) is 0 Å². The van der Waals surface area contributed by atoms with Crippen molar-refractivity contribution in [3.05, 3.63) is 53.6 Å². The predicted octanol–water partition coefficient (Wildman–Crippen LogP) is 5.84. The molecular weight excluding hydrogens is 323 g/mol. The van der Waals surface area contributed by atoms with Gasteiger partial charge in [0, 0.05) is 11.8 Å². The summed E-state index contributed by atoms with van der Waals surface area (Å²) < 4.78 is 12.7. The zero-order valence-electron chi connectivity index (χ0n) is 15.8. The number of thioether (sulfide) groups is 1. The Balaban J connectivity index is 0. The van der Waals surface area contributed by atoms with Gasteiger partial charge in [0.25, 0.3) is 0 Å². The van der Waals surface area contributed by atoms with Gasteiger partial charge in [-0.25, -0.2) is 14.4 Å². The topological polar surface area (TPSA) is 42.9 Å². The monoisotopic (exact) mass is 352 g/mol. The number of benzene rings is 1. The lowest BCUT2D eigenvalue weighted by Crippen LogP contribution is -2.05. The molecule has 0 spiro atoms. The number of rotatable bonds is 4. The van der Waals surface area contributed by atoms with E-state index in [0.29, 0.717) is 16.4 Å². The van der Waals surface area contributed by atoms with Crippen LogP contribution in [0.1, 0.15) is 57.6 Å². The van der Waals surface area contributed by atoms with E-state index in [0.717, 1.165) is 0 Å². The quantitative estimate of drug-likeness (QED) is 0.394. The Bertz CT molecular complexity index is 560. The van der Waals surface area contributed by atoms with Crippen LogP contribution in [0.2, 0.25) is 0 Å². The molecule has 1 aromatic carbocycles. The van der Waals surface area contributed by atoms with E-state index < -0.39 is 0 Å². The fourth-order valence-corrected chi connectivity index (χ4v) is 1.85. The van der Waals surface area contributed by atoms with Gasteiger partial charge in [0.15, 0.2) is 10.9 Å². The van der Waals surface area contributed by atoms with E-state index in [1.807, 2.05) is 47.8 Å². The van der Waals surface area contributed by atoms with E-state index in [-0.39, 0.29) is 18.0 Å². The molecule has 0 fully saturated rings. The first-order valence-electron chi connectivity index (χ1n) is 8.33. The summed E-state index contributed by atoms with van der Waals surface area (Å²) in [5.41, 5.74) is 1.16. The molecular formula is C19H29FN2OS. The first kappa shape index (κ1) is 24.5. The van der Waals surface area contributed by atoms with Gasteiger partial charge in [-0.3, -0.25) is 4.79 Å². The lowest BCUT2D eigenvalue weighted by molar-refractivity contribution is 0.0991. The van der Waals surface area contributed by atoms with Crippen molar-refractivity contribution in [2.75, 3.05) is 6.26 Å². The molecule has 0 bridgehead atoms. The Morgan fingerprint density at radius 2 is 1.54 bits per heavy atom. The second-order valence-electron chi connectivity index (χ2n) is 3.64. The van der Waals surface area contributed by atoms with Crippen molar-refractivity contribution in [3.8, 4) is 0 Å². The van der Waals surface area contributed by atoms with Crippen LogP contribution in [0.15, 0.2) is 41.7 Å². The Kier molecular flexibility index (Phi) is 16.5. The molecule has 2 aromatic rings. The van der Waals surface area contributed by atoms with Crippen LogP contribution in [0.25, 0.3) is 0 Å². The summed E-state index contributed by atoms with van der Waals surface area (Å²) in [4.78, 5) is 20.2. The molecule has 0 aliphatic rings. The van der Waals surface area contributed by atoms with E-state index in [9.17, 15) is 9.18 Å². The van der Waals surface area contributed by atoms with Crippen molar-refractivity contribution >= 4 is 17.5 Å². The Morgan fingerprint density at radius 1 is 1.00 bits per heavy atom. The molecule has 0 saturated heterocycles. The van der Waals surface area contributed by atoms with Gasteiger partial charge in [-0.05, 0) is 36.6 Å². The number of ketones is 1. The second kappa shape index (κ2) is 16.1. The molecule has 5 heteroatoms. The Hall–Kier alpha value is -1.75. The molecule has 134 valence electrons. The van der Waals surface area contributed by atoms with Crippen molar-refractivity contribution in [3.63, 3.8) is 0 Å². The largest absolute Gasteiger partial charge is 0.294 e. The van der Waals surface area contributed by atoms with Crippen LogP contribution in [-0.2, 0) is 6.42 Å². The van der Waals surface area contributed by atoms with Crippen molar-refractivity contribution in [2.24, 2.45) is 0 Å². The van der Waals surface area contributed by atoms with Gasteiger partial charge in [-0.2, -0.15) is 0 Å². The number of hydrogen-bond acceptors (Lipinski definition) is 4. The van der Waals surface area contributed by atoms with Gasteiger partial charge in [0.05, 0.1) is 12.1 Å². The van der Waals surface area contributed by atoms with Gasteiger partial charge in [0.2, 0.25) is 0 Å². The Morgan fingerprint density at radius 3 is 2.04 bits per heavy atom. The Labute approximate surface area is 150 Å². The maximum Gasteiger partial charge on any atom is 0.187 e. The first-order valence-corrected chi connectivity index (χ1v) is 9.56. The third-order valence-electron chi connectivity index (χ3n) is 2.38. The third-order valence-corrected chi connectivity index (χ3v) is 2.94. The number of carbonyl (C=O) groups excluding carboxylic acids is 1. The minimum Gasteiger partial charge on any atom is -0.294 e. The van der Waals surface area contributed by atoms with E-state index >= 15 is 0 Å². The molecule has 0 unspecified atom stereocenters. The third kappa shape index (κ3) is 9.40. The SMILES string of the molecule is CC.CC.CC.CSc1nccc(CC(=O)c2ccc(F)cc2)n1. The highest BCUT2D eigenvalue weighted by Gasteiger charge is 2.08. The molecule has 2 rings (SSSR count). The summed E-state index contributed by atoms with van der Waals surface area (Å²) >= 11 is 1.42. The highest BCUT2D eigenvalue weighted by molar-refractivity contribution is 7.98. The number of Topliss-reactive ketones (excluding diaryl/α,β-unsaturated/α-hetero) is 1. The molecule has 0 saturated carbocycles. The van der Waals surface area contributed by atoms with Crippen LogP contribution in [0.3, 0.4) is 0 Å². The molecule has 0 radical (unpaired) electrons. The summed E-state index contributed by atoms with van der Waals surface area (Å²) in [7, 11) is 0. The van der Waals surface area contributed by atoms with Crippen molar-refractivity contribution in [2.45, 2.75) is 53.1 Å². The summed E-state index contributed by atoms with van der Waals surface area (Å²) in [5.74, 6) is -0.431. The van der Waals surface area contributed by atoms with Gasteiger partial charge >= 0.3 is 0 Å². The fourth-order valence-electron chi connectivity index (χ4n) is 1.48. The van der Waals surface area contributed by atoms with E-state index in [1.165, 1.54) is 36.0 Å². The molecule has 0 atom stereocenters. The summed E-state index contributed by atoms with van der Waals surface area (Å²) in [6.07, 6.45) is 3.70. The highest BCUT2D eigenvalue weighted by Crippen LogP contribution is 2.11. The molecule has 0 amide bonds. The molecule has 24 heavy (non-hydrogen) atoms. The van der Waals surface area contributed by atoms with Crippen LogP contribution in [0.4, 0.5) is 4.39 Å². The van der Waals surface area contributed by atoms with E-state index in [1.54, 1.807) is 12.3 Å². The standard InChI is InChI=1S/C13H11FN2OS.3C2H6/c1-18-13-15-7-6-11(16-13)8-12(17)9-2-4-10(14)5-3-9;3*1-2/h2-7H,8H2,1H3;3*1-2H3. The first-order chi connectivity index (χ1) is 11.7. The number of carbonyl (C=O) groups is 1. The lowest BCUT2D eigenvalue weighted by atomic mass is 10.1. The number of nitrogens with zero attached hydrogens (tertiary/aromatic N) is 2. The zero-order valence-corrected chi connectivity index (χ0v) is 16.6. The number of aromatic nitrogens is 2. The van der Waals surface area contributed by atoms with Crippen LogP contribution >= 0.6 is 11.8 Å². The van der Waals surface area contributed by atoms with Crippen molar-refractivity contribution in [1.82, 2.24) is 9.97 Å². The molecule has 3 nitrogen and oxygen atoms in total. The molecule has 1 heterocycles. The zero-order chi connectivity index (χ0) is 19.0. The van der Waals surface area contributed by atoms with Crippen LogP contribution in [0, 0.1) is 5.82 Å².